The van der Waals surface area contributed by atoms with Crippen molar-refractivity contribution in [3.63, 3.8) is 0 Å². The molecule has 2 aromatic rings. The summed E-state index contributed by atoms with van der Waals surface area (Å²) in [6.07, 6.45) is 0.149. The Morgan fingerprint density at radius 1 is 1.05 bits per heavy atom. The van der Waals surface area contributed by atoms with E-state index < -0.39 is 29.7 Å². The number of carbonyl (C=O) groups is 3. The highest BCUT2D eigenvalue weighted by Crippen LogP contribution is 2.25. The number of likely N-dealkylation sites (tertiary alicyclic amines) is 2. The molecular weight excluding hydrogens is 567 g/mol. The molecule has 0 bridgehead atoms. The molecule has 230 valence electrons. The Bertz CT molecular complexity index is 1220. The van der Waals surface area contributed by atoms with Crippen molar-refractivity contribution in [2.24, 2.45) is 5.92 Å². The number of alkyl halides is 3. The van der Waals surface area contributed by atoms with E-state index in [1.165, 1.54) is 12.8 Å². The molecule has 0 saturated carbocycles. The van der Waals surface area contributed by atoms with E-state index in [-0.39, 0.29) is 18.1 Å². The summed E-state index contributed by atoms with van der Waals surface area (Å²) in [7, 11) is 1.76. The third-order valence-corrected chi connectivity index (χ3v) is 7.16. The number of nitrogens with one attached hydrogen (secondary N) is 1. The maximum absolute atomic E-state index is 13.7. The number of aromatic nitrogens is 1. The molecule has 2 fully saturated rings. The van der Waals surface area contributed by atoms with Gasteiger partial charge in [-0.2, -0.15) is 13.2 Å². The molecule has 0 radical (unpaired) electrons. The smallest absolute Gasteiger partial charge is 0.475 e. The first-order chi connectivity index (χ1) is 19.9. The molecule has 3 heterocycles. The van der Waals surface area contributed by atoms with Gasteiger partial charge in [0, 0.05) is 50.0 Å². The zero-order chi connectivity index (χ0) is 30.9. The van der Waals surface area contributed by atoms with E-state index in [4.69, 9.17) is 14.6 Å². The van der Waals surface area contributed by atoms with E-state index in [0.717, 1.165) is 44.8 Å². The molecule has 1 aromatic carbocycles. The number of hydrogen-bond acceptors (Lipinski definition) is 6. The second kappa shape index (κ2) is 15.0. The second-order valence-electron chi connectivity index (χ2n) is 10.1. The number of piperidine rings is 2. The number of methoxy groups -OCH3 is 1. The second-order valence-corrected chi connectivity index (χ2v) is 10.1. The number of pyridine rings is 1. The van der Waals surface area contributed by atoms with E-state index in [1.54, 1.807) is 31.4 Å². The Morgan fingerprint density at radius 2 is 1.67 bits per heavy atom. The summed E-state index contributed by atoms with van der Waals surface area (Å²) in [5.41, 5.74) is 0.830. The molecule has 0 aliphatic carbocycles. The number of carbonyl (C=O) groups excluding carboxylic acids is 2. The van der Waals surface area contributed by atoms with Crippen LogP contribution in [0.2, 0.25) is 0 Å². The van der Waals surface area contributed by atoms with Crippen LogP contribution in [0.4, 0.5) is 22.0 Å². The van der Waals surface area contributed by atoms with Gasteiger partial charge in [-0.05, 0) is 62.4 Å². The van der Waals surface area contributed by atoms with Crippen LogP contribution in [0, 0.1) is 17.6 Å². The van der Waals surface area contributed by atoms with Gasteiger partial charge in [0.2, 0.25) is 0 Å². The van der Waals surface area contributed by atoms with Crippen LogP contribution < -0.4 is 5.32 Å². The minimum atomic E-state index is -5.08. The Hall–Kier alpha value is -3.65. The van der Waals surface area contributed by atoms with Gasteiger partial charge < -0.3 is 20.1 Å². The average molecular weight is 601 g/mol. The summed E-state index contributed by atoms with van der Waals surface area (Å²) in [5, 5.41) is 9.69. The maximum Gasteiger partial charge on any atom is 0.490 e. The first-order valence-electron chi connectivity index (χ1n) is 13.4. The van der Waals surface area contributed by atoms with Crippen LogP contribution in [0.25, 0.3) is 0 Å². The number of halogens is 5. The SMILES string of the molecule is COCC1CCCN(C2CCN(C(=O)c3ccc(C(=O)NCc4ncc(F)cc4F)cc3)CC2)C1.O=C(O)C(F)(F)F. The number of hydrogen-bond donors (Lipinski definition) is 2. The Morgan fingerprint density at radius 3 is 2.24 bits per heavy atom. The van der Waals surface area contributed by atoms with Gasteiger partial charge in [-0.25, -0.2) is 13.6 Å². The van der Waals surface area contributed by atoms with Crippen LogP contribution in [0.5, 0.6) is 0 Å². The van der Waals surface area contributed by atoms with Gasteiger partial charge in [-0.1, -0.05) is 0 Å². The molecule has 0 spiro atoms. The van der Waals surface area contributed by atoms with Gasteiger partial charge in [-0.15, -0.1) is 0 Å². The summed E-state index contributed by atoms with van der Waals surface area (Å²) < 4.78 is 63.7. The normalized spacial score (nSPS) is 18.1. The van der Waals surface area contributed by atoms with Crippen molar-refractivity contribution in [2.45, 2.75) is 44.4 Å². The largest absolute Gasteiger partial charge is 0.490 e. The minimum Gasteiger partial charge on any atom is -0.475 e. The molecule has 1 unspecified atom stereocenters. The Balaban J connectivity index is 0.000000616. The zero-order valence-electron chi connectivity index (χ0n) is 23.0. The molecule has 9 nitrogen and oxygen atoms in total. The van der Waals surface area contributed by atoms with Gasteiger partial charge in [0.05, 0.1) is 25.0 Å². The van der Waals surface area contributed by atoms with E-state index in [0.29, 0.717) is 36.2 Å². The number of carboxylic acid groups (broad SMARTS) is 1. The fourth-order valence-electron chi connectivity index (χ4n) is 5.02. The number of nitrogens with zero attached hydrogens (tertiary/aromatic N) is 3. The third-order valence-electron chi connectivity index (χ3n) is 7.16. The maximum atomic E-state index is 13.7. The lowest BCUT2D eigenvalue weighted by Gasteiger charge is -2.42. The monoisotopic (exact) mass is 600 g/mol. The molecule has 1 aromatic heterocycles. The molecule has 2 N–H and O–H groups in total. The predicted molar refractivity (Wildman–Crippen MR) is 141 cm³/mol. The lowest BCUT2D eigenvalue weighted by molar-refractivity contribution is -0.192. The van der Waals surface area contributed by atoms with Gasteiger partial charge >= 0.3 is 12.1 Å². The van der Waals surface area contributed by atoms with Crippen molar-refractivity contribution in [2.75, 3.05) is 39.9 Å². The van der Waals surface area contributed by atoms with Crippen molar-refractivity contribution in [3.8, 4) is 0 Å². The van der Waals surface area contributed by atoms with Crippen LogP contribution >= 0.6 is 0 Å². The number of rotatable bonds is 7. The number of amides is 2. The van der Waals surface area contributed by atoms with Crippen molar-refractivity contribution in [3.05, 3.63) is 65.0 Å². The van der Waals surface area contributed by atoms with Crippen LogP contribution in [0.1, 0.15) is 52.1 Å². The van der Waals surface area contributed by atoms with E-state index in [1.807, 2.05) is 4.90 Å². The highest BCUT2D eigenvalue weighted by atomic mass is 19.4. The molecule has 4 rings (SSSR count). The lowest BCUT2D eigenvalue weighted by Crippen LogP contribution is -2.50. The van der Waals surface area contributed by atoms with Gasteiger partial charge in [0.15, 0.2) is 0 Å². The molecule has 2 aliphatic rings. The molecule has 42 heavy (non-hydrogen) atoms. The summed E-state index contributed by atoms with van der Waals surface area (Å²) in [5.74, 6) is -4.22. The molecule has 2 saturated heterocycles. The first-order valence-corrected chi connectivity index (χ1v) is 13.4. The fraction of sp³-hybridized carbons (Fsp3) is 0.500. The highest BCUT2D eigenvalue weighted by molar-refractivity contribution is 5.97. The number of ether oxygens (including phenoxy) is 1. The molecule has 2 amide bonds. The zero-order valence-corrected chi connectivity index (χ0v) is 23.0. The molecule has 14 heteroatoms. The van der Waals surface area contributed by atoms with E-state index >= 15 is 0 Å². The predicted octanol–water partition coefficient (Wildman–Crippen LogP) is 3.89. The number of aliphatic carboxylic acids is 1. The van der Waals surface area contributed by atoms with E-state index in [2.05, 4.69) is 15.2 Å². The molecule has 1 atom stereocenters. The summed E-state index contributed by atoms with van der Waals surface area (Å²) >= 11 is 0. The Labute approximate surface area is 239 Å². The van der Waals surface area contributed by atoms with Crippen molar-refractivity contribution < 1.29 is 46.2 Å². The first kappa shape index (κ1) is 32.9. The third kappa shape index (κ3) is 9.44. The van der Waals surface area contributed by atoms with E-state index in [9.17, 15) is 31.5 Å². The summed E-state index contributed by atoms with van der Waals surface area (Å²) in [6, 6.07) is 7.66. The molecular formula is C28H33F5N4O5. The summed E-state index contributed by atoms with van der Waals surface area (Å²) in [4.78, 5) is 42.4. The van der Waals surface area contributed by atoms with Crippen LogP contribution in [0.15, 0.2) is 36.5 Å². The standard InChI is InChI=1S/C26H32F2N4O3.C2HF3O2/c1-35-17-18-3-2-10-32(16-18)22-8-11-31(12-9-22)26(34)20-6-4-19(5-7-20)25(33)30-15-24-23(28)13-21(27)14-29-24;3-2(4,5)1(6)7/h4-7,13-14,18,22H,2-3,8-12,15-17H2,1H3,(H,30,33);(H,6,7). The number of benzene rings is 1. The molecule has 2 aliphatic heterocycles. The van der Waals surface area contributed by atoms with Crippen molar-refractivity contribution in [1.29, 1.82) is 0 Å². The minimum absolute atomic E-state index is 0.0381. The van der Waals surface area contributed by atoms with Crippen molar-refractivity contribution in [1.82, 2.24) is 20.1 Å². The van der Waals surface area contributed by atoms with Crippen molar-refractivity contribution >= 4 is 17.8 Å². The van der Waals surface area contributed by atoms with Gasteiger partial charge in [0.1, 0.15) is 11.6 Å². The summed E-state index contributed by atoms with van der Waals surface area (Å²) in [6.45, 7) is 4.26. The Kier molecular flexibility index (Phi) is 11.7. The average Bonchev–Trinajstić information content (AvgIpc) is 2.96. The van der Waals surface area contributed by atoms with Gasteiger partial charge in [0.25, 0.3) is 11.8 Å². The van der Waals surface area contributed by atoms with Gasteiger partial charge in [-0.3, -0.25) is 19.5 Å². The topological polar surface area (TPSA) is 112 Å². The van der Waals surface area contributed by atoms with Crippen LogP contribution in [-0.4, -0.2) is 89.8 Å². The highest BCUT2D eigenvalue weighted by Gasteiger charge is 2.38. The fourth-order valence-corrected chi connectivity index (χ4v) is 5.02. The lowest BCUT2D eigenvalue weighted by atomic mass is 9.94. The number of carboxylic acids is 1. The quantitative estimate of drug-likeness (QED) is 0.464. The van der Waals surface area contributed by atoms with Crippen LogP contribution in [0.3, 0.4) is 0 Å². The van der Waals surface area contributed by atoms with Crippen LogP contribution in [-0.2, 0) is 16.1 Å².